The van der Waals surface area contributed by atoms with Crippen molar-refractivity contribution in [2.75, 3.05) is 46.6 Å². The first kappa shape index (κ1) is 21.2. The monoisotopic (exact) mass is 424 g/mol. The first-order chi connectivity index (χ1) is 14.0. The third kappa shape index (κ3) is 5.54. The number of hydrogen-bond donors (Lipinski definition) is 2. The molecule has 2 aromatic heterocycles. The third-order valence-electron chi connectivity index (χ3n) is 4.30. The van der Waals surface area contributed by atoms with E-state index in [1.807, 2.05) is 0 Å². The predicted molar refractivity (Wildman–Crippen MR) is 103 cm³/mol. The molecule has 2 N–H and O–H groups in total. The van der Waals surface area contributed by atoms with Crippen LogP contribution in [0.1, 0.15) is 16.1 Å². The normalized spacial score (nSPS) is 15.2. The molecule has 0 aliphatic carbocycles. The van der Waals surface area contributed by atoms with Crippen molar-refractivity contribution in [2.24, 2.45) is 0 Å². The summed E-state index contributed by atoms with van der Waals surface area (Å²) in [6.07, 6.45) is 2.93. The number of rotatable bonds is 9. The van der Waals surface area contributed by atoms with Crippen LogP contribution in [-0.4, -0.2) is 75.2 Å². The van der Waals surface area contributed by atoms with Crippen molar-refractivity contribution >= 4 is 15.9 Å². The van der Waals surface area contributed by atoms with Crippen LogP contribution in [0.3, 0.4) is 0 Å². The summed E-state index contributed by atoms with van der Waals surface area (Å²) in [7, 11) is -2.06. The number of pyridine rings is 1. The summed E-state index contributed by atoms with van der Waals surface area (Å²) in [6, 6.07) is 4.84. The number of hydrogen-bond acceptors (Lipinski definition) is 7. The van der Waals surface area contributed by atoms with Crippen molar-refractivity contribution < 1.29 is 27.4 Å². The topological polar surface area (TPSA) is 123 Å². The minimum absolute atomic E-state index is 0.0591. The summed E-state index contributed by atoms with van der Waals surface area (Å²) in [5, 5.41) is 2.73. The van der Waals surface area contributed by atoms with E-state index in [-0.39, 0.29) is 17.1 Å². The van der Waals surface area contributed by atoms with E-state index in [2.05, 4.69) is 15.3 Å². The van der Waals surface area contributed by atoms with Crippen LogP contribution in [0.25, 0.3) is 0 Å². The van der Waals surface area contributed by atoms with Gasteiger partial charge in [0.05, 0.1) is 19.8 Å². The Bertz CT molecular complexity index is 907. The van der Waals surface area contributed by atoms with E-state index in [9.17, 15) is 13.2 Å². The second-order valence-electron chi connectivity index (χ2n) is 6.29. The van der Waals surface area contributed by atoms with Crippen molar-refractivity contribution in [3.05, 3.63) is 41.9 Å². The van der Waals surface area contributed by atoms with Crippen LogP contribution in [0.15, 0.2) is 35.5 Å². The highest BCUT2D eigenvalue weighted by molar-refractivity contribution is 7.89. The maximum Gasteiger partial charge on any atom is 0.268 e. The zero-order chi connectivity index (χ0) is 20.7. The van der Waals surface area contributed by atoms with Crippen LogP contribution in [0, 0.1) is 0 Å². The lowest BCUT2D eigenvalue weighted by Gasteiger charge is -2.25. The summed E-state index contributed by atoms with van der Waals surface area (Å²) < 4.78 is 42.1. The molecule has 0 atom stereocenters. The number of nitrogens with one attached hydrogen (secondary N) is 2. The molecule has 3 rings (SSSR count). The molecule has 1 saturated heterocycles. The number of aromatic nitrogens is 2. The summed E-state index contributed by atoms with van der Waals surface area (Å²) >= 11 is 0. The van der Waals surface area contributed by atoms with Gasteiger partial charge in [0.15, 0.2) is 0 Å². The first-order valence-corrected chi connectivity index (χ1v) is 10.6. The highest BCUT2D eigenvalue weighted by Gasteiger charge is 2.27. The van der Waals surface area contributed by atoms with Gasteiger partial charge in [-0.2, -0.15) is 4.31 Å². The second-order valence-corrected chi connectivity index (χ2v) is 8.23. The van der Waals surface area contributed by atoms with Crippen molar-refractivity contribution in [1.29, 1.82) is 0 Å². The Morgan fingerprint density at radius 3 is 2.79 bits per heavy atom. The molecule has 0 bridgehead atoms. The lowest BCUT2D eigenvalue weighted by atomic mass is 10.3. The van der Waals surface area contributed by atoms with Crippen LogP contribution in [-0.2, 0) is 26.0 Å². The quantitative estimate of drug-likeness (QED) is 0.558. The van der Waals surface area contributed by atoms with Crippen molar-refractivity contribution in [3.63, 3.8) is 0 Å². The summed E-state index contributed by atoms with van der Waals surface area (Å²) in [5.41, 5.74) is 0.953. The molecule has 158 valence electrons. The number of morpholine rings is 1. The minimum Gasteiger partial charge on any atom is -0.475 e. The Balaban J connectivity index is 1.55. The molecule has 1 aliphatic heterocycles. The lowest BCUT2D eigenvalue weighted by Crippen LogP contribution is -2.40. The number of sulfonamides is 1. The predicted octanol–water partition coefficient (Wildman–Crippen LogP) is 0.386. The number of H-pyrrole nitrogens is 1. The molecule has 1 amide bonds. The molecule has 0 spiro atoms. The molecule has 11 heteroatoms. The molecular formula is C18H24N4O6S. The van der Waals surface area contributed by atoms with Gasteiger partial charge < -0.3 is 24.5 Å². The van der Waals surface area contributed by atoms with Gasteiger partial charge in [-0.05, 0) is 11.6 Å². The van der Waals surface area contributed by atoms with Gasteiger partial charge in [-0.3, -0.25) is 4.79 Å². The maximum absolute atomic E-state index is 12.6. The van der Waals surface area contributed by atoms with Gasteiger partial charge in [0.25, 0.3) is 5.91 Å². The molecule has 1 fully saturated rings. The third-order valence-corrected chi connectivity index (χ3v) is 6.17. The van der Waals surface area contributed by atoms with Crippen LogP contribution >= 0.6 is 0 Å². The summed E-state index contributed by atoms with van der Waals surface area (Å²) in [6.45, 7) is 2.44. The molecule has 10 nitrogen and oxygen atoms in total. The van der Waals surface area contributed by atoms with Crippen molar-refractivity contribution in [2.45, 2.75) is 11.4 Å². The van der Waals surface area contributed by atoms with E-state index < -0.39 is 15.9 Å². The lowest BCUT2D eigenvalue weighted by molar-refractivity contribution is 0.0730. The van der Waals surface area contributed by atoms with Gasteiger partial charge in [-0.1, -0.05) is 6.07 Å². The largest absolute Gasteiger partial charge is 0.475 e. The fraction of sp³-hybridized carbons (Fsp3) is 0.444. The van der Waals surface area contributed by atoms with Gasteiger partial charge in [0.2, 0.25) is 15.9 Å². The molecule has 0 unspecified atom stereocenters. The number of carbonyl (C=O) groups excluding carboxylic acids is 1. The van der Waals surface area contributed by atoms with Crippen LogP contribution in [0.5, 0.6) is 5.88 Å². The molecule has 3 heterocycles. The number of methoxy groups -OCH3 is 1. The number of amides is 1. The van der Waals surface area contributed by atoms with Crippen LogP contribution < -0.4 is 10.1 Å². The van der Waals surface area contributed by atoms with Gasteiger partial charge in [0.1, 0.15) is 17.2 Å². The zero-order valence-electron chi connectivity index (χ0n) is 16.1. The van der Waals surface area contributed by atoms with Crippen LogP contribution in [0.4, 0.5) is 0 Å². The van der Waals surface area contributed by atoms with Gasteiger partial charge in [-0.25, -0.2) is 13.4 Å². The first-order valence-electron chi connectivity index (χ1n) is 9.12. The number of nitrogens with zero attached hydrogens (tertiary/aromatic N) is 2. The zero-order valence-corrected chi connectivity index (χ0v) is 16.9. The molecular weight excluding hydrogens is 400 g/mol. The summed E-state index contributed by atoms with van der Waals surface area (Å²) in [5.74, 6) is 0.0632. The minimum atomic E-state index is -3.65. The van der Waals surface area contributed by atoms with Crippen molar-refractivity contribution in [3.8, 4) is 5.88 Å². The molecule has 29 heavy (non-hydrogen) atoms. The fourth-order valence-corrected chi connectivity index (χ4v) is 4.10. The van der Waals surface area contributed by atoms with E-state index >= 15 is 0 Å². The standard InChI is InChI=1S/C18H24N4O6S/c1-26-8-9-28-17-3-2-14(11-20-17)12-21-18(23)16-10-15(13-19-16)29(24,25)22-4-6-27-7-5-22/h2-3,10-11,13,19H,4-9,12H2,1H3,(H,21,23). The Morgan fingerprint density at radius 2 is 2.10 bits per heavy atom. The number of ether oxygens (including phenoxy) is 3. The van der Waals surface area contributed by atoms with E-state index in [1.165, 1.54) is 16.6 Å². The van der Waals surface area contributed by atoms with E-state index in [4.69, 9.17) is 14.2 Å². The Labute approximate surface area is 169 Å². The molecule has 2 aromatic rings. The molecule has 0 radical (unpaired) electrons. The van der Waals surface area contributed by atoms with Crippen LogP contribution in [0.2, 0.25) is 0 Å². The Morgan fingerprint density at radius 1 is 1.31 bits per heavy atom. The Kier molecular flexibility index (Phi) is 7.20. The average molecular weight is 424 g/mol. The van der Waals surface area contributed by atoms with Gasteiger partial charge in [0, 0.05) is 45.2 Å². The van der Waals surface area contributed by atoms with E-state index in [1.54, 1.807) is 25.4 Å². The SMILES string of the molecule is COCCOc1ccc(CNC(=O)c2cc(S(=O)(=O)N3CCOCC3)c[nH]2)cn1. The second kappa shape index (κ2) is 9.83. The molecule has 0 aromatic carbocycles. The molecule has 0 saturated carbocycles. The summed E-state index contributed by atoms with van der Waals surface area (Å²) in [4.78, 5) is 19.3. The highest BCUT2D eigenvalue weighted by atomic mass is 32.2. The Hall–Kier alpha value is -2.47. The van der Waals surface area contributed by atoms with Crippen molar-refractivity contribution in [1.82, 2.24) is 19.6 Å². The van der Waals surface area contributed by atoms with E-state index in [0.717, 1.165) is 5.56 Å². The van der Waals surface area contributed by atoms with Gasteiger partial charge in [-0.15, -0.1) is 0 Å². The maximum atomic E-state index is 12.6. The molecule has 1 aliphatic rings. The average Bonchev–Trinajstić information content (AvgIpc) is 3.25. The smallest absolute Gasteiger partial charge is 0.268 e. The highest BCUT2D eigenvalue weighted by Crippen LogP contribution is 2.18. The van der Waals surface area contributed by atoms with Gasteiger partial charge >= 0.3 is 0 Å². The number of carbonyl (C=O) groups is 1. The van der Waals surface area contributed by atoms with E-state index in [0.29, 0.717) is 45.4 Å². The number of aromatic amines is 1. The fourth-order valence-electron chi connectivity index (χ4n) is 2.70.